The van der Waals surface area contributed by atoms with Gasteiger partial charge in [0.25, 0.3) is 0 Å². The number of aliphatic hydroxyl groups is 1. The smallest absolute Gasteiger partial charge is 0.379 e. The number of halogens is 4. The van der Waals surface area contributed by atoms with Gasteiger partial charge in [-0.05, 0) is 29.5 Å². The Hall–Kier alpha value is -0.590. The molecular weight excluding hydrogens is 323 g/mol. The highest BCUT2D eigenvalue weighted by molar-refractivity contribution is 9.10. The summed E-state index contributed by atoms with van der Waals surface area (Å²) in [6.07, 6.45) is -5.23. The maximum Gasteiger partial charge on any atom is 0.418 e. The van der Waals surface area contributed by atoms with Crippen molar-refractivity contribution in [3.8, 4) is 0 Å². The Labute approximate surface area is 118 Å². The summed E-state index contributed by atoms with van der Waals surface area (Å²) in [5.41, 5.74) is 2.11. The SMILES string of the molecule is CC(C)(CC(O)(CN)C(F)(F)F)c1cccc(Br)c1. The minimum absolute atomic E-state index is 0.490. The van der Waals surface area contributed by atoms with E-state index in [2.05, 4.69) is 15.9 Å². The molecule has 0 saturated heterocycles. The first kappa shape index (κ1) is 16.5. The molecule has 1 unspecified atom stereocenters. The predicted octanol–water partition coefficient (Wildman–Crippen LogP) is 3.37. The number of hydrogen-bond donors (Lipinski definition) is 2. The molecule has 0 spiro atoms. The van der Waals surface area contributed by atoms with Crippen molar-refractivity contribution in [2.24, 2.45) is 5.73 Å². The molecule has 19 heavy (non-hydrogen) atoms. The summed E-state index contributed by atoms with van der Waals surface area (Å²) in [5.74, 6) is 0. The second-order valence-electron chi connectivity index (χ2n) is 5.30. The van der Waals surface area contributed by atoms with Crippen molar-refractivity contribution >= 4 is 15.9 Å². The van der Waals surface area contributed by atoms with Gasteiger partial charge in [-0.1, -0.05) is 41.9 Å². The van der Waals surface area contributed by atoms with Gasteiger partial charge in [-0.2, -0.15) is 13.2 Å². The Kier molecular flexibility index (Phi) is 4.70. The molecule has 0 aliphatic carbocycles. The van der Waals surface area contributed by atoms with Crippen LogP contribution < -0.4 is 5.73 Å². The normalized spacial score (nSPS) is 16.2. The summed E-state index contributed by atoms with van der Waals surface area (Å²) in [5, 5.41) is 9.76. The number of alkyl halides is 3. The van der Waals surface area contributed by atoms with E-state index >= 15 is 0 Å². The molecule has 0 heterocycles. The number of rotatable bonds is 4. The van der Waals surface area contributed by atoms with Gasteiger partial charge in [-0.15, -0.1) is 0 Å². The lowest BCUT2D eigenvalue weighted by molar-refractivity contribution is -0.262. The van der Waals surface area contributed by atoms with E-state index in [4.69, 9.17) is 5.73 Å². The van der Waals surface area contributed by atoms with Crippen LogP contribution in [0.5, 0.6) is 0 Å². The third-order valence-corrected chi connectivity index (χ3v) is 3.70. The summed E-state index contributed by atoms with van der Waals surface area (Å²) < 4.78 is 39.5. The van der Waals surface area contributed by atoms with Gasteiger partial charge in [-0.25, -0.2) is 0 Å². The maximum absolute atomic E-state index is 12.9. The highest BCUT2D eigenvalue weighted by Gasteiger charge is 2.54. The average Bonchev–Trinajstić information content (AvgIpc) is 2.27. The van der Waals surface area contributed by atoms with Gasteiger partial charge in [0.15, 0.2) is 5.60 Å². The largest absolute Gasteiger partial charge is 0.418 e. The van der Waals surface area contributed by atoms with Crippen LogP contribution in [0.1, 0.15) is 25.8 Å². The zero-order valence-corrected chi connectivity index (χ0v) is 12.3. The van der Waals surface area contributed by atoms with Crippen LogP contribution in [0.15, 0.2) is 28.7 Å². The monoisotopic (exact) mass is 339 g/mol. The molecule has 0 fully saturated rings. The molecule has 1 aromatic carbocycles. The van der Waals surface area contributed by atoms with E-state index < -0.39 is 30.2 Å². The van der Waals surface area contributed by atoms with Crippen molar-refractivity contribution in [2.45, 2.75) is 37.5 Å². The molecule has 0 aliphatic heterocycles. The van der Waals surface area contributed by atoms with Gasteiger partial charge in [-0.3, -0.25) is 0 Å². The summed E-state index contributed by atoms with van der Waals surface area (Å²) in [7, 11) is 0. The van der Waals surface area contributed by atoms with Gasteiger partial charge in [0.1, 0.15) is 0 Å². The van der Waals surface area contributed by atoms with Crippen LogP contribution in [0.25, 0.3) is 0 Å². The van der Waals surface area contributed by atoms with Crippen LogP contribution in [0.2, 0.25) is 0 Å². The molecule has 3 N–H and O–H groups in total. The standard InChI is InChI=1S/C13H17BrF3NO/c1-11(2,9-4-3-5-10(14)6-9)7-12(19,8-18)13(15,16)17/h3-6,19H,7-8,18H2,1-2H3. The molecule has 0 bridgehead atoms. The van der Waals surface area contributed by atoms with Crippen molar-refractivity contribution in [1.82, 2.24) is 0 Å². The first-order chi connectivity index (χ1) is 8.52. The molecule has 108 valence electrons. The Morgan fingerprint density at radius 3 is 2.26 bits per heavy atom. The fourth-order valence-electron chi connectivity index (χ4n) is 2.03. The molecule has 6 heteroatoms. The topological polar surface area (TPSA) is 46.2 Å². The number of nitrogens with two attached hydrogens (primary N) is 1. The van der Waals surface area contributed by atoms with E-state index in [0.717, 1.165) is 4.47 Å². The van der Waals surface area contributed by atoms with E-state index in [1.807, 2.05) is 0 Å². The third-order valence-electron chi connectivity index (χ3n) is 3.21. The summed E-state index contributed by atoms with van der Waals surface area (Å²) in [6, 6.07) is 7.01. The fraction of sp³-hybridized carbons (Fsp3) is 0.538. The molecule has 0 aliphatic rings. The Morgan fingerprint density at radius 2 is 1.84 bits per heavy atom. The van der Waals surface area contributed by atoms with Crippen molar-refractivity contribution in [3.05, 3.63) is 34.3 Å². The maximum atomic E-state index is 12.9. The van der Waals surface area contributed by atoms with E-state index in [9.17, 15) is 18.3 Å². The first-order valence-corrected chi connectivity index (χ1v) is 6.56. The van der Waals surface area contributed by atoms with E-state index in [1.54, 1.807) is 38.1 Å². The molecule has 1 rings (SSSR count). The molecule has 1 atom stereocenters. The molecule has 2 nitrogen and oxygen atoms in total. The van der Waals surface area contributed by atoms with Gasteiger partial charge in [0.05, 0.1) is 0 Å². The average molecular weight is 340 g/mol. The van der Waals surface area contributed by atoms with Crippen LogP contribution in [0.3, 0.4) is 0 Å². The second-order valence-corrected chi connectivity index (χ2v) is 6.22. The zero-order valence-electron chi connectivity index (χ0n) is 10.8. The van der Waals surface area contributed by atoms with Crippen LogP contribution in [-0.2, 0) is 5.41 Å². The lowest BCUT2D eigenvalue weighted by atomic mass is 9.75. The van der Waals surface area contributed by atoms with E-state index in [0.29, 0.717) is 5.56 Å². The summed E-state index contributed by atoms with van der Waals surface area (Å²) in [4.78, 5) is 0. The lowest BCUT2D eigenvalue weighted by Crippen LogP contribution is -2.54. The van der Waals surface area contributed by atoms with Crippen molar-refractivity contribution < 1.29 is 18.3 Å². The van der Waals surface area contributed by atoms with E-state index in [1.165, 1.54) is 0 Å². The first-order valence-electron chi connectivity index (χ1n) is 5.77. The van der Waals surface area contributed by atoms with E-state index in [-0.39, 0.29) is 0 Å². The Balaban J connectivity index is 3.08. The number of benzene rings is 1. The fourth-order valence-corrected chi connectivity index (χ4v) is 2.43. The van der Waals surface area contributed by atoms with Gasteiger partial charge < -0.3 is 10.8 Å². The molecule has 0 amide bonds. The molecule has 1 aromatic rings. The highest BCUT2D eigenvalue weighted by atomic mass is 79.9. The Morgan fingerprint density at radius 1 is 1.26 bits per heavy atom. The van der Waals surface area contributed by atoms with Gasteiger partial charge >= 0.3 is 6.18 Å². The second kappa shape index (κ2) is 5.42. The van der Waals surface area contributed by atoms with Gasteiger partial charge in [0, 0.05) is 11.0 Å². The molecule has 0 saturated carbocycles. The van der Waals surface area contributed by atoms with Crippen LogP contribution in [-0.4, -0.2) is 23.4 Å². The minimum Gasteiger partial charge on any atom is -0.379 e. The van der Waals surface area contributed by atoms with Crippen molar-refractivity contribution in [3.63, 3.8) is 0 Å². The van der Waals surface area contributed by atoms with Crippen LogP contribution in [0, 0.1) is 0 Å². The van der Waals surface area contributed by atoms with Gasteiger partial charge in [0.2, 0.25) is 0 Å². The molecule has 0 radical (unpaired) electrons. The molecule has 0 aromatic heterocycles. The van der Waals surface area contributed by atoms with Crippen molar-refractivity contribution in [2.75, 3.05) is 6.54 Å². The predicted molar refractivity (Wildman–Crippen MR) is 71.8 cm³/mol. The van der Waals surface area contributed by atoms with Crippen LogP contribution >= 0.6 is 15.9 Å². The van der Waals surface area contributed by atoms with Crippen LogP contribution in [0.4, 0.5) is 13.2 Å². The minimum atomic E-state index is -4.75. The molecular formula is C13H17BrF3NO. The zero-order chi connectivity index (χ0) is 14.9. The number of hydrogen-bond acceptors (Lipinski definition) is 2. The van der Waals surface area contributed by atoms with Crippen molar-refractivity contribution in [1.29, 1.82) is 0 Å². The summed E-state index contributed by atoms with van der Waals surface area (Å²) >= 11 is 3.28. The highest BCUT2D eigenvalue weighted by Crippen LogP contribution is 2.40. The Bertz CT molecular complexity index is 448. The lowest BCUT2D eigenvalue weighted by Gasteiger charge is -2.37. The third kappa shape index (κ3) is 3.70. The summed E-state index contributed by atoms with van der Waals surface area (Å²) in [6.45, 7) is 2.45. The quantitative estimate of drug-likeness (QED) is 0.883.